The Morgan fingerprint density at radius 2 is 1.72 bits per heavy atom. The van der Waals surface area contributed by atoms with Crippen LogP contribution in [0.4, 0.5) is 0 Å². The highest BCUT2D eigenvalue weighted by Crippen LogP contribution is 2.16. The number of aryl methyl sites for hydroxylation is 3. The van der Waals surface area contributed by atoms with Crippen LogP contribution in [0.1, 0.15) is 40.9 Å². The number of carbonyl (C=O) groups excluding carboxylic acids is 1. The van der Waals surface area contributed by atoms with Crippen LogP contribution in [-0.2, 0) is 0 Å². The first-order chi connectivity index (χ1) is 8.36. The van der Waals surface area contributed by atoms with Crippen molar-refractivity contribution in [2.75, 3.05) is 6.61 Å². The molecule has 1 amide bonds. The number of hydrogen-bond donors (Lipinski definition) is 2. The molecule has 0 fully saturated rings. The predicted octanol–water partition coefficient (Wildman–Crippen LogP) is 2.36. The maximum atomic E-state index is 12.2. The molecule has 3 nitrogen and oxygen atoms in total. The smallest absolute Gasteiger partial charge is 0.252 e. The first-order valence-corrected chi connectivity index (χ1v) is 6.36. The maximum absolute atomic E-state index is 12.2. The fourth-order valence-corrected chi connectivity index (χ4v) is 2.20. The average molecular weight is 249 g/mol. The van der Waals surface area contributed by atoms with Crippen molar-refractivity contribution < 1.29 is 9.90 Å². The second-order valence-corrected chi connectivity index (χ2v) is 5.28. The van der Waals surface area contributed by atoms with E-state index in [2.05, 4.69) is 5.32 Å². The van der Waals surface area contributed by atoms with Gasteiger partial charge in [-0.05, 0) is 37.8 Å². The van der Waals surface area contributed by atoms with Crippen LogP contribution < -0.4 is 5.32 Å². The molecule has 1 aromatic rings. The van der Waals surface area contributed by atoms with Crippen molar-refractivity contribution in [1.82, 2.24) is 5.32 Å². The summed E-state index contributed by atoms with van der Waals surface area (Å²) in [4.78, 5) is 12.2. The zero-order valence-corrected chi connectivity index (χ0v) is 11.9. The van der Waals surface area contributed by atoms with Gasteiger partial charge in [-0.15, -0.1) is 0 Å². The molecule has 0 heterocycles. The van der Waals surface area contributed by atoms with Gasteiger partial charge in [0.25, 0.3) is 5.91 Å². The van der Waals surface area contributed by atoms with Gasteiger partial charge >= 0.3 is 0 Å². The van der Waals surface area contributed by atoms with E-state index in [1.54, 1.807) is 0 Å². The summed E-state index contributed by atoms with van der Waals surface area (Å²) in [7, 11) is 0. The van der Waals surface area contributed by atoms with E-state index in [-0.39, 0.29) is 24.5 Å². The third-order valence-electron chi connectivity index (χ3n) is 3.22. The Balaban J connectivity index is 2.98. The first kappa shape index (κ1) is 14.7. The minimum Gasteiger partial charge on any atom is -0.394 e. The van der Waals surface area contributed by atoms with Crippen molar-refractivity contribution in [1.29, 1.82) is 0 Å². The van der Waals surface area contributed by atoms with Gasteiger partial charge in [0.1, 0.15) is 0 Å². The van der Waals surface area contributed by atoms with Gasteiger partial charge in [0.05, 0.1) is 12.6 Å². The number of carbonyl (C=O) groups is 1. The SMILES string of the molecule is Cc1cc(C)c(C(=O)NC(CO)C(C)C)c(C)c1. The number of aliphatic hydroxyl groups is 1. The van der Waals surface area contributed by atoms with E-state index in [0.717, 1.165) is 22.3 Å². The summed E-state index contributed by atoms with van der Waals surface area (Å²) in [6, 6.07) is 3.81. The molecule has 0 bridgehead atoms. The van der Waals surface area contributed by atoms with E-state index >= 15 is 0 Å². The lowest BCUT2D eigenvalue weighted by Crippen LogP contribution is -2.41. The summed E-state index contributed by atoms with van der Waals surface area (Å²) in [5.74, 6) is 0.114. The van der Waals surface area contributed by atoms with Crippen LogP contribution in [0.5, 0.6) is 0 Å². The quantitative estimate of drug-likeness (QED) is 0.860. The molecule has 18 heavy (non-hydrogen) atoms. The van der Waals surface area contributed by atoms with Gasteiger partial charge in [-0.1, -0.05) is 31.5 Å². The molecular formula is C15H23NO2. The molecule has 1 rings (SSSR count). The molecule has 2 N–H and O–H groups in total. The molecule has 0 saturated carbocycles. The van der Waals surface area contributed by atoms with Crippen LogP contribution in [0.2, 0.25) is 0 Å². The summed E-state index contributed by atoms with van der Waals surface area (Å²) in [5.41, 5.74) is 3.83. The maximum Gasteiger partial charge on any atom is 0.252 e. The first-order valence-electron chi connectivity index (χ1n) is 6.36. The van der Waals surface area contributed by atoms with Crippen LogP contribution in [0.15, 0.2) is 12.1 Å². The van der Waals surface area contributed by atoms with Crippen molar-refractivity contribution in [2.45, 2.75) is 40.7 Å². The number of hydrogen-bond acceptors (Lipinski definition) is 2. The second-order valence-electron chi connectivity index (χ2n) is 5.28. The van der Waals surface area contributed by atoms with E-state index in [0.29, 0.717) is 0 Å². The van der Waals surface area contributed by atoms with Crippen LogP contribution in [0.3, 0.4) is 0 Å². The third-order valence-corrected chi connectivity index (χ3v) is 3.22. The standard InChI is InChI=1S/C15H23NO2/c1-9(2)13(8-17)16-15(18)14-11(4)6-10(3)7-12(14)5/h6-7,9,13,17H,8H2,1-5H3,(H,16,18). The van der Waals surface area contributed by atoms with Gasteiger partial charge in [0.2, 0.25) is 0 Å². The minimum atomic E-state index is -0.197. The summed E-state index contributed by atoms with van der Waals surface area (Å²) in [6.07, 6.45) is 0. The number of aliphatic hydroxyl groups excluding tert-OH is 1. The van der Waals surface area contributed by atoms with Gasteiger partial charge in [0.15, 0.2) is 0 Å². The van der Waals surface area contributed by atoms with E-state index in [1.165, 1.54) is 0 Å². The summed E-state index contributed by atoms with van der Waals surface area (Å²) in [5, 5.41) is 12.2. The summed E-state index contributed by atoms with van der Waals surface area (Å²) < 4.78 is 0. The van der Waals surface area contributed by atoms with E-state index in [9.17, 15) is 9.90 Å². The minimum absolute atomic E-state index is 0.0344. The Morgan fingerprint density at radius 1 is 1.22 bits per heavy atom. The number of rotatable bonds is 4. The Hall–Kier alpha value is -1.35. The van der Waals surface area contributed by atoms with E-state index < -0.39 is 0 Å². The molecule has 0 aliphatic carbocycles. The predicted molar refractivity (Wildman–Crippen MR) is 73.8 cm³/mol. The van der Waals surface area contributed by atoms with Crippen LogP contribution in [-0.4, -0.2) is 23.7 Å². The highest BCUT2D eigenvalue weighted by molar-refractivity contribution is 5.97. The zero-order chi connectivity index (χ0) is 13.9. The molecule has 1 unspecified atom stereocenters. The highest BCUT2D eigenvalue weighted by atomic mass is 16.3. The monoisotopic (exact) mass is 249 g/mol. The average Bonchev–Trinajstić information content (AvgIpc) is 2.23. The lowest BCUT2D eigenvalue weighted by molar-refractivity contribution is 0.0895. The van der Waals surface area contributed by atoms with Gasteiger partial charge in [-0.2, -0.15) is 0 Å². The van der Waals surface area contributed by atoms with Crippen LogP contribution >= 0.6 is 0 Å². The Kier molecular flexibility index (Phi) is 4.91. The topological polar surface area (TPSA) is 49.3 Å². The van der Waals surface area contributed by atoms with Crippen molar-refractivity contribution in [3.8, 4) is 0 Å². The Morgan fingerprint density at radius 3 is 2.11 bits per heavy atom. The number of nitrogens with one attached hydrogen (secondary N) is 1. The van der Waals surface area contributed by atoms with Crippen molar-refractivity contribution in [3.05, 3.63) is 34.4 Å². The lowest BCUT2D eigenvalue weighted by atomic mass is 9.98. The molecule has 0 aliphatic heterocycles. The van der Waals surface area contributed by atoms with Crippen molar-refractivity contribution in [2.24, 2.45) is 5.92 Å². The van der Waals surface area contributed by atoms with Gasteiger partial charge in [-0.25, -0.2) is 0 Å². The van der Waals surface area contributed by atoms with Crippen molar-refractivity contribution in [3.63, 3.8) is 0 Å². The Bertz CT molecular complexity index is 415. The highest BCUT2D eigenvalue weighted by Gasteiger charge is 2.18. The molecule has 1 atom stereocenters. The second kappa shape index (κ2) is 6.01. The van der Waals surface area contributed by atoms with Gasteiger partial charge < -0.3 is 10.4 Å². The summed E-state index contributed by atoms with van der Waals surface area (Å²) in [6.45, 7) is 9.84. The largest absolute Gasteiger partial charge is 0.394 e. The lowest BCUT2D eigenvalue weighted by Gasteiger charge is -2.21. The van der Waals surface area contributed by atoms with Crippen LogP contribution in [0, 0.1) is 26.7 Å². The molecule has 0 radical (unpaired) electrons. The van der Waals surface area contributed by atoms with E-state index in [4.69, 9.17) is 0 Å². The molecule has 0 aliphatic rings. The molecule has 0 saturated heterocycles. The third kappa shape index (κ3) is 3.33. The fraction of sp³-hybridized carbons (Fsp3) is 0.533. The number of amides is 1. The summed E-state index contributed by atoms with van der Waals surface area (Å²) >= 11 is 0. The zero-order valence-electron chi connectivity index (χ0n) is 11.9. The van der Waals surface area contributed by atoms with E-state index in [1.807, 2.05) is 46.8 Å². The van der Waals surface area contributed by atoms with Gasteiger partial charge in [-0.3, -0.25) is 4.79 Å². The van der Waals surface area contributed by atoms with Crippen LogP contribution in [0.25, 0.3) is 0 Å². The van der Waals surface area contributed by atoms with Gasteiger partial charge in [0, 0.05) is 5.56 Å². The number of benzene rings is 1. The molecule has 1 aromatic carbocycles. The molecule has 100 valence electrons. The molecule has 3 heteroatoms. The normalized spacial score (nSPS) is 12.6. The van der Waals surface area contributed by atoms with Crippen molar-refractivity contribution >= 4 is 5.91 Å². The Labute approximate surface area is 109 Å². The fourth-order valence-electron chi connectivity index (χ4n) is 2.20. The molecular weight excluding hydrogens is 226 g/mol. The molecule has 0 aromatic heterocycles. The molecule has 0 spiro atoms.